The molecular weight excluding hydrogens is 350 g/mol. The predicted octanol–water partition coefficient (Wildman–Crippen LogP) is 2.83. The molecule has 0 unspecified atom stereocenters. The quantitative estimate of drug-likeness (QED) is 0.868. The molecule has 2 aliphatic rings. The minimum Gasteiger partial charge on any atom is -0.357 e. The van der Waals surface area contributed by atoms with E-state index in [2.05, 4.69) is 44.5 Å². The number of amides is 1. The van der Waals surface area contributed by atoms with Crippen LogP contribution in [0.5, 0.6) is 0 Å². The van der Waals surface area contributed by atoms with Gasteiger partial charge in [0, 0.05) is 51.8 Å². The monoisotopic (exact) mass is 377 g/mol. The van der Waals surface area contributed by atoms with Crippen molar-refractivity contribution in [1.82, 2.24) is 19.8 Å². The minimum atomic E-state index is 0.0503. The minimum absolute atomic E-state index is 0.0503. The fourth-order valence-electron chi connectivity index (χ4n) is 3.89. The van der Waals surface area contributed by atoms with Crippen molar-refractivity contribution in [2.24, 2.45) is 0 Å². The maximum atomic E-state index is 13.1. The summed E-state index contributed by atoms with van der Waals surface area (Å²) in [6, 6.07) is 10.3. The standard InChI is InChI=1S/C22H27N5O/c1-23-22-24-19-11-15-26(12-7-10-17-8-3-2-4-9-17)16-18(19)20(25-22)21(28)27-13-5-6-14-27/h2-4,7-10H,5-6,11-16H2,1H3,(H,23,24,25)/b10-7+. The van der Waals surface area contributed by atoms with Gasteiger partial charge in [0.25, 0.3) is 5.91 Å². The summed E-state index contributed by atoms with van der Waals surface area (Å²) in [4.78, 5) is 26.5. The average molecular weight is 377 g/mol. The highest BCUT2D eigenvalue weighted by Gasteiger charge is 2.29. The smallest absolute Gasteiger partial charge is 0.273 e. The number of fused-ring (bicyclic) bond motifs is 1. The number of benzene rings is 1. The van der Waals surface area contributed by atoms with Crippen LogP contribution in [0.2, 0.25) is 0 Å². The predicted molar refractivity (Wildman–Crippen MR) is 111 cm³/mol. The van der Waals surface area contributed by atoms with Crippen LogP contribution in [0.4, 0.5) is 5.95 Å². The second-order valence-electron chi connectivity index (χ2n) is 7.37. The Hall–Kier alpha value is -2.73. The first kappa shape index (κ1) is 18.6. The fraction of sp³-hybridized carbons (Fsp3) is 0.409. The Morgan fingerprint density at radius 3 is 2.68 bits per heavy atom. The lowest BCUT2D eigenvalue weighted by atomic mass is 10.0. The van der Waals surface area contributed by atoms with Crippen molar-refractivity contribution in [3.8, 4) is 0 Å². The Balaban J connectivity index is 1.53. The number of carbonyl (C=O) groups is 1. The lowest BCUT2D eigenvalue weighted by molar-refractivity contribution is 0.0783. The molecule has 6 heteroatoms. The molecule has 3 heterocycles. The molecule has 1 aromatic carbocycles. The van der Waals surface area contributed by atoms with E-state index in [0.717, 1.165) is 56.7 Å². The van der Waals surface area contributed by atoms with Crippen LogP contribution in [0.15, 0.2) is 36.4 Å². The number of nitrogens with one attached hydrogen (secondary N) is 1. The largest absolute Gasteiger partial charge is 0.357 e. The van der Waals surface area contributed by atoms with Crippen LogP contribution < -0.4 is 5.32 Å². The molecule has 0 spiro atoms. The fourth-order valence-corrected chi connectivity index (χ4v) is 3.89. The number of nitrogens with zero attached hydrogens (tertiary/aromatic N) is 4. The van der Waals surface area contributed by atoms with Crippen molar-refractivity contribution in [1.29, 1.82) is 0 Å². The first-order valence-electron chi connectivity index (χ1n) is 10.1. The van der Waals surface area contributed by atoms with Gasteiger partial charge in [0.2, 0.25) is 5.95 Å². The first-order valence-corrected chi connectivity index (χ1v) is 10.1. The molecule has 0 aliphatic carbocycles. The summed E-state index contributed by atoms with van der Waals surface area (Å²) < 4.78 is 0. The number of rotatable bonds is 5. The van der Waals surface area contributed by atoms with E-state index in [1.54, 1.807) is 7.05 Å². The molecule has 1 saturated heterocycles. The van der Waals surface area contributed by atoms with Crippen molar-refractivity contribution in [2.45, 2.75) is 25.8 Å². The van der Waals surface area contributed by atoms with Gasteiger partial charge in [-0.1, -0.05) is 42.5 Å². The van der Waals surface area contributed by atoms with E-state index in [4.69, 9.17) is 0 Å². The van der Waals surface area contributed by atoms with E-state index in [9.17, 15) is 4.79 Å². The molecule has 2 aliphatic heterocycles. The molecule has 28 heavy (non-hydrogen) atoms. The molecule has 0 bridgehead atoms. The Bertz CT molecular complexity index is 859. The maximum Gasteiger partial charge on any atom is 0.273 e. The van der Waals surface area contributed by atoms with Crippen LogP contribution in [0.25, 0.3) is 6.08 Å². The van der Waals surface area contributed by atoms with Crippen molar-refractivity contribution in [2.75, 3.05) is 38.5 Å². The van der Waals surface area contributed by atoms with Gasteiger partial charge < -0.3 is 10.2 Å². The first-order chi connectivity index (χ1) is 13.7. The highest BCUT2D eigenvalue weighted by molar-refractivity contribution is 5.94. The van der Waals surface area contributed by atoms with E-state index in [1.165, 1.54) is 5.56 Å². The van der Waals surface area contributed by atoms with Crippen LogP contribution in [0, 0.1) is 0 Å². The second kappa shape index (κ2) is 8.52. The molecule has 0 atom stereocenters. The van der Waals surface area contributed by atoms with Crippen molar-refractivity contribution in [3.63, 3.8) is 0 Å². The Morgan fingerprint density at radius 2 is 1.93 bits per heavy atom. The Kier molecular flexibility index (Phi) is 5.67. The molecule has 1 aromatic heterocycles. The topological polar surface area (TPSA) is 61.4 Å². The van der Waals surface area contributed by atoms with E-state index in [-0.39, 0.29) is 5.91 Å². The number of likely N-dealkylation sites (tertiary alicyclic amines) is 1. The summed E-state index contributed by atoms with van der Waals surface area (Å²) in [5.41, 5.74) is 3.78. The summed E-state index contributed by atoms with van der Waals surface area (Å²) in [5.74, 6) is 0.591. The van der Waals surface area contributed by atoms with Crippen molar-refractivity contribution >= 4 is 17.9 Å². The third-order valence-corrected chi connectivity index (χ3v) is 5.43. The van der Waals surface area contributed by atoms with Crippen LogP contribution in [0.3, 0.4) is 0 Å². The summed E-state index contributed by atoms with van der Waals surface area (Å²) >= 11 is 0. The normalized spacial score (nSPS) is 17.1. The zero-order valence-electron chi connectivity index (χ0n) is 16.4. The summed E-state index contributed by atoms with van der Waals surface area (Å²) in [6.07, 6.45) is 7.33. The van der Waals surface area contributed by atoms with Gasteiger partial charge >= 0.3 is 0 Å². The van der Waals surface area contributed by atoms with Gasteiger partial charge in [0.05, 0.1) is 5.69 Å². The van der Waals surface area contributed by atoms with Gasteiger partial charge in [-0.2, -0.15) is 0 Å². The summed E-state index contributed by atoms with van der Waals surface area (Å²) in [6.45, 7) is 4.16. The summed E-state index contributed by atoms with van der Waals surface area (Å²) in [7, 11) is 1.80. The van der Waals surface area contributed by atoms with Gasteiger partial charge in [0.15, 0.2) is 0 Å². The van der Waals surface area contributed by atoms with E-state index < -0.39 is 0 Å². The molecule has 2 aromatic rings. The molecule has 4 rings (SSSR count). The lowest BCUT2D eigenvalue weighted by Gasteiger charge is -2.29. The molecular formula is C22H27N5O. The third kappa shape index (κ3) is 4.07. The van der Waals surface area contributed by atoms with Gasteiger partial charge in [-0.05, 0) is 18.4 Å². The highest BCUT2D eigenvalue weighted by Crippen LogP contribution is 2.24. The zero-order valence-corrected chi connectivity index (χ0v) is 16.4. The maximum absolute atomic E-state index is 13.1. The summed E-state index contributed by atoms with van der Waals surface area (Å²) in [5, 5.41) is 3.01. The van der Waals surface area contributed by atoms with Gasteiger partial charge in [-0.3, -0.25) is 9.69 Å². The zero-order chi connectivity index (χ0) is 19.3. The van der Waals surface area contributed by atoms with Crippen LogP contribution in [-0.4, -0.2) is 58.9 Å². The molecule has 0 saturated carbocycles. The molecule has 1 N–H and O–H groups in total. The number of carbonyl (C=O) groups excluding carboxylic acids is 1. The van der Waals surface area contributed by atoms with Crippen LogP contribution >= 0.6 is 0 Å². The molecule has 146 valence electrons. The van der Waals surface area contributed by atoms with Crippen molar-refractivity contribution < 1.29 is 4.79 Å². The van der Waals surface area contributed by atoms with Crippen LogP contribution in [0.1, 0.15) is 40.2 Å². The third-order valence-electron chi connectivity index (χ3n) is 5.43. The SMILES string of the molecule is CNc1nc2c(c(C(=O)N3CCCC3)n1)CN(C/C=C/c1ccccc1)CC2. The Morgan fingerprint density at radius 1 is 1.14 bits per heavy atom. The van der Waals surface area contributed by atoms with Crippen molar-refractivity contribution in [3.05, 3.63) is 58.9 Å². The van der Waals surface area contributed by atoms with Gasteiger partial charge in [0.1, 0.15) is 5.69 Å². The molecule has 0 radical (unpaired) electrons. The molecule has 1 fully saturated rings. The van der Waals surface area contributed by atoms with E-state index in [1.807, 2.05) is 23.1 Å². The molecule has 6 nitrogen and oxygen atoms in total. The Labute approximate surface area is 166 Å². The van der Waals surface area contributed by atoms with Gasteiger partial charge in [-0.15, -0.1) is 0 Å². The number of hydrogen-bond acceptors (Lipinski definition) is 5. The molecule has 1 amide bonds. The van der Waals surface area contributed by atoms with Crippen LogP contribution in [-0.2, 0) is 13.0 Å². The highest BCUT2D eigenvalue weighted by atomic mass is 16.2. The van der Waals surface area contributed by atoms with E-state index in [0.29, 0.717) is 18.2 Å². The van der Waals surface area contributed by atoms with Gasteiger partial charge in [-0.25, -0.2) is 9.97 Å². The van der Waals surface area contributed by atoms with E-state index >= 15 is 0 Å². The lowest BCUT2D eigenvalue weighted by Crippen LogP contribution is -2.36. The number of hydrogen-bond donors (Lipinski definition) is 1. The average Bonchev–Trinajstić information content (AvgIpc) is 3.28. The second-order valence-corrected chi connectivity index (χ2v) is 7.37. The number of anilines is 1. The number of aromatic nitrogens is 2.